The van der Waals surface area contributed by atoms with Gasteiger partial charge in [-0.05, 0) is 11.6 Å². The molecule has 0 aliphatic heterocycles. The summed E-state index contributed by atoms with van der Waals surface area (Å²) in [6.45, 7) is 0.625. The number of benzene rings is 1. The van der Waals surface area contributed by atoms with Gasteiger partial charge < -0.3 is 10.2 Å². The van der Waals surface area contributed by atoms with E-state index >= 15 is 0 Å². The van der Waals surface area contributed by atoms with Crippen molar-refractivity contribution in [1.82, 2.24) is 9.97 Å². The van der Waals surface area contributed by atoms with Crippen LogP contribution >= 0.6 is 23.2 Å². The topological polar surface area (TPSA) is 41.1 Å². The Kier molecular flexibility index (Phi) is 4.45. The van der Waals surface area contributed by atoms with Gasteiger partial charge in [-0.2, -0.15) is 4.98 Å². The van der Waals surface area contributed by atoms with Crippen LogP contribution in [-0.4, -0.2) is 24.1 Å². The van der Waals surface area contributed by atoms with E-state index < -0.39 is 0 Å². The maximum absolute atomic E-state index is 6.15. The fourth-order valence-corrected chi connectivity index (χ4v) is 2.13. The Morgan fingerprint density at radius 3 is 2.63 bits per heavy atom. The third kappa shape index (κ3) is 3.28. The maximum Gasteiger partial charge on any atom is 0.224 e. The first-order valence-corrected chi connectivity index (χ1v) is 6.52. The first-order chi connectivity index (χ1) is 9.11. The molecule has 6 heteroatoms. The molecule has 0 saturated carbocycles. The Balaban J connectivity index is 2.25. The second-order valence-corrected chi connectivity index (χ2v) is 4.88. The van der Waals surface area contributed by atoms with Crippen LogP contribution in [0.1, 0.15) is 5.56 Å². The second kappa shape index (κ2) is 6.08. The normalized spacial score (nSPS) is 10.3. The number of nitrogens with one attached hydrogen (secondary N) is 1. The van der Waals surface area contributed by atoms with Gasteiger partial charge in [0.05, 0.1) is 6.20 Å². The van der Waals surface area contributed by atoms with Crippen molar-refractivity contribution in [3.8, 4) is 0 Å². The molecule has 0 amide bonds. The fraction of sp³-hybridized carbons (Fsp3) is 0.231. The van der Waals surface area contributed by atoms with Crippen LogP contribution in [0.15, 0.2) is 30.5 Å². The highest BCUT2D eigenvalue weighted by atomic mass is 35.5. The molecule has 19 heavy (non-hydrogen) atoms. The van der Waals surface area contributed by atoms with E-state index in [0.717, 1.165) is 10.6 Å². The van der Waals surface area contributed by atoms with Crippen LogP contribution < -0.4 is 10.2 Å². The van der Waals surface area contributed by atoms with Gasteiger partial charge in [-0.15, -0.1) is 0 Å². The van der Waals surface area contributed by atoms with Gasteiger partial charge in [0.1, 0.15) is 5.02 Å². The molecule has 0 radical (unpaired) electrons. The molecule has 0 fully saturated rings. The quantitative estimate of drug-likeness (QED) is 0.938. The Hall–Kier alpha value is -1.52. The summed E-state index contributed by atoms with van der Waals surface area (Å²) in [4.78, 5) is 10.3. The van der Waals surface area contributed by atoms with E-state index in [2.05, 4.69) is 15.3 Å². The van der Waals surface area contributed by atoms with Crippen molar-refractivity contribution in [1.29, 1.82) is 0 Å². The highest BCUT2D eigenvalue weighted by molar-refractivity contribution is 6.33. The van der Waals surface area contributed by atoms with Crippen molar-refractivity contribution < 1.29 is 0 Å². The number of anilines is 2. The molecule has 1 aromatic heterocycles. The van der Waals surface area contributed by atoms with Crippen LogP contribution in [0.3, 0.4) is 0 Å². The first-order valence-electron chi connectivity index (χ1n) is 5.76. The van der Waals surface area contributed by atoms with Gasteiger partial charge in [0.25, 0.3) is 0 Å². The first kappa shape index (κ1) is 13.9. The van der Waals surface area contributed by atoms with E-state index in [4.69, 9.17) is 23.2 Å². The van der Waals surface area contributed by atoms with E-state index in [1.807, 2.05) is 36.2 Å². The van der Waals surface area contributed by atoms with Gasteiger partial charge >= 0.3 is 0 Å². The highest BCUT2D eigenvalue weighted by Crippen LogP contribution is 2.25. The van der Waals surface area contributed by atoms with Crippen LogP contribution in [0, 0.1) is 0 Å². The molecule has 1 aromatic carbocycles. The Bertz CT molecular complexity index is 574. The molecule has 0 saturated heterocycles. The highest BCUT2D eigenvalue weighted by Gasteiger charge is 2.11. The molecular weight excluding hydrogens is 283 g/mol. The zero-order chi connectivity index (χ0) is 13.8. The molecule has 0 atom stereocenters. The van der Waals surface area contributed by atoms with E-state index in [1.165, 1.54) is 0 Å². The fourth-order valence-electron chi connectivity index (χ4n) is 1.70. The predicted octanol–water partition coefficient (Wildman–Crippen LogP) is 3.46. The van der Waals surface area contributed by atoms with E-state index in [-0.39, 0.29) is 0 Å². The van der Waals surface area contributed by atoms with Crippen molar-refractivity contribution in [2.45, 2.75) is 6.54 Å². The lowest BCUT2D eigenvalue weighted by Crippen LogP contribution is -2.19. The number of nitrogens with zero attached hydrogens (tertiary/aromatic N) is 3. The van der Waals surface area contributed by atoms with Crippen LogP contribution in [0.4, 0.5) is 11.8 Å². The van der Waals surface area contributed by atoms with Gasteiger partial charge in [-0.1, -0.05) is 41.4 Å². The second-order valence-electron chi connectivity index (χ2n) is 4.06. The van der Waals surface area contributed by atoms with Crippen LogP contribution in [0.5, 0.6) is 0 Å². The molecule has 1 heterocycles. The largest absolute Gasteiger partial charge is 0.357 e. The molecule has 0 unspecified atom stereocenters. The lowest BCUT2D eigenvalue weighted by Gasteiger charge is -2.20. The van der Waals surface area contributed by atoms with Gasteiger partial charge in [-0.3, -0.25) is 0 Å². The summed E-state index contributed by atoms with van der Waals surface area (Å²) in [6, 6.07) is 7.70. The third-order valence-corrected chi connectivity index (χ3v) is 3.31. The van der Waals surface area contributed by atoms with Crippen molar-refractivity contribution in [2.75, 3.05) is 24.3 Å². The van der Waals surface area contributed by atoms with Gasteiger partial charge in [0, 0.05) is 25.7 Å². The number of aromatic nitrogens is 2. The van der Waals surface area contributed by atoms with Gasteiger partial charge in [0.2, 0.25) is 5.95 Å². The molecule has 0 bridgehead atoms. The summed E-state index contributed by atoms with van der Waals surface area (Å²) >= 11 is 12.3. The molecule has 2 rings (SSSR count). The lowest BCUT2D eigenvalue weighted by molar-refractivity contribution is 0.892. The molecule has 1 N–H and O–H groups in total. The van der Waals surface area contributed by atoms with Gasteiger partial charge in [0.15, 0.2) is 5.82 Å². The summed E-state index contributed by atoms with van der Waals surface area (Å²) in [6.07, 6.45) is 1.58. The van der Waals surface area contributed by atoms with E-state index in [1.54, 1.807) is 13.2 Å². The standard InChI is InChI=1S/C13H14Cl2N4/c1-16-13-17-7-11(15)12(18-13)19(2)8-9-5-3-4-6-10(9)14/h3-7H,8H2,1-2H3,(H,16,17,18). The average Bonchev–Trinajstić information content (AvgIpc) is 2.42. The minimum Gasteiger partial charge on any atom is -0.357 e. The lowest BCUT2D eigenvalue weighted by atomic mass is 10.2. The third-order valence-electron chi connectivity index (χ3n) is 2.68. The molecule has 0 spiro atoms. The monoisotopic (exact) mass is 296 g/mol. The number of halogens is 2. The molecule has 0 aliphatic rings. The predicted molar refractivity (Wildman–Crippen MR) is 80.1 cm³/mol. The van der Waals surface area contributed by atoms with Crippen LogP contribution in [0.25, 0.3) is 0 Å². The average molecular weight is 297 g/mol. The van der Waals surface area contributed by atoms with E-state index in [9.17, 15) is 0 Å². The number of hydrogen-bond donors (Lipinski definition) is 1. The summed E-state index contributed by atoms with van der Waals surface area (Å²) in [5.41, 5.74) is 1.02. The molecule has 0 aliphatic carbocycles. The number of hydrogen-bond acceptors (Lipinski definition) is 4. The minimum absolute atomic E-state index is 0.508. The van der Waals surface area contributed by atoms with Crippen molar-refractivity contribution in [3.63, 3.8) is 0 Å². The maximum atomic E-state index is 6.15. The van der Waals surface area contributed by atoms with Crippen LogP contribution in [-0.2, 0) is 6.54 Å². The zero-order valence-electron chi connectivity index (χ0n) is 10.7. The van der Waals surface area contributed by atoms with Crippen molar-refractivity contribution in [3.05, 3.63) is 46.1 Å². The molecule has 4 nitrogen and oxygen atoms in total. The smallest absolute Gasteiger partial charge is 0.224 e. The SMILES string of the molecule is CNc1ncc(Cl)c(N(C)Cc2ccccc2Cl)n1. The summed E-state index contributed by atoms with van der Waals surface area (Å²) in [5, 5.41) is 4.13. The summed E-state index contributed by atoms with van der Waals surface area (Å²) < 4.78 is 0. The molecule has 2 aromatic rings. The molecular formula is C13H14Cl2N4. The summed E-state index contributed by atoms with van der Waals surface area (Å²) in [5.74, 6) is 1.20. The Labute approximate surface area is 122 Å². The molecule has 100 valence electrons. The van der Waals surface area contributed by atoms with E-state index in [0.29, 0.717) is 23.3 Å². The Morgan fingerprint density at radius 2 is 1.95 bits per heavy atom. The van der Waals surface area contributed by atoms with Crippen LogP contribution in [0.2, 0.25) is 10.0 Å². The minimum atomic E-state index is 0.508. The Morgan fingerprint density at radius 1 is 1.21 bits per heavy atom. The zero-order valence-corrected chi connectivity index (χ0v) is 12.2. The number of rotatable bonds is 4. The van der Waals surface area contributed by atoms with Crippen molar-refractivity contribution in [2.24, 2.45) is 0 Å². The summed E-state index contributed by atoms with van der Waals surface area (Å²) in [7, 11) is 3.68. The van der Waals surface area contributed by atoms with Crippen molar-refractivity contribution >= 4 is 35.0 Å². The van der Waals surface area contributed by atoms with Gasteiger partial charge in [-0.25, -0.2) is 4.98 Å².